The number of thiocarbonyl (C=S) groups is 2. The molecule has 0 saturated carbocycles. The number of nitrogens with zero attached hydrogens (tertiary/aromatic N) is 2. The molecule has 1 rings (SSSR count). The zero-order valence-corrected chi connectivity index (χ0v) is 15.1. The van der Waals surface area contributed by atoms with E-state index in [0.29, 0.717) is 0 Å². The number of nitrogens with one attached hydrogen (secondary N) is 1. The normalized spacial score (nSPS) is 10.4. The first-order chi connectivity index (χ1) is 11.4. The van der Waals surface area contributed by atoms with Gasteiger partial charge in [-0.1, -0.05) is 24.4 Å². The molecule has 1 aromatic rings. The second-order valence-corrected chi connectivity index (χ2v) is 6.20. The molecule has 0 aliphatic heterocycles. The third kappa shape index (κ3) is 3.85. The number of carbonyl (C=O) groups is 1. The molecule has 10 nitrogen and oxygen atoms in total. The van der Waals surface area contributed by atoms with E-state index in [1.165, 1.54) is 6.92 Å². The highest BCUT2D eigenvalue weighted by Gasteiger charge is 2.39. The number of benzene rings is 1. The number of nitrogens with two attached hydrogens (primary N) is 2. The summed E-state index contributed by atoms with van der Waals surface area (Å²) < 4.78 is 0. The molecule has 0 spiro atoms. The summed E-state index contributed by atoms with van der Waals surface area (Å²) in [6.45, 7) is 4.56. The number of nitro groups is 2. The molecule has 1 aromatic carbocycles. The predicted molar refractivity (Wildman–Crippen MR) is 98.9 cm³/mol. The molecule has 1 amide bonds. The Hall–Kier alpha value is -2.73. The van der Waals surface area contributed by atoms with Crippen molar-refractivity contribution in [1.82, 2.24) is 5.32 Å². The van der Waals surface area contributed by atoms with Crippen LogP contribution >= 0.6 is 24.4 Å². The van der Waals surface area contributed by atoms with Crippen LogP contribution in [0.5, 0.6) is 0 Å². The fourth-order valence-electron chi connectivity index (χ4n) is 2.35. The van der Waals surface area contributed by atoms with E-state index < -0.39 is 48.2 Å². The van der Waals surface area contributed by atoms with E-state index in [-0.39, 0.29) is 17.2 Å². The van der Waals surface area contributed by atoms with Gasteiger partial charge >= 0.3 is 0 Å². The Kier molecular flexibility index (Phi) is 6.05. The monoisotopic (exact) mass is 385 g/mol. The number of hydrogen-bond acceptors (Lipinski definition) is 7. The Bertz CT molecular complexity index is 822. The van der Waals surface area contributed by atoms with Gasteiger partial charge in [0.15, 0.2) is 5.56 Å². The summed E-state index contributed by atoms with van der Waals surface area (Å²) in [5.74, 6) is -0.781. The molecule has 134 valence electrons. The molecule has 5 N–H and O–H groups in total. The Labute approximate surface area is 152 Å². The third-order valence-electron chi connectivity index (χ3n) is 3.20. The van der Waals surface area contributed by atoms with Crippen molar-refractivity contribution in [2.75, 3.05) is 0 Å². The van der Waals surface area contributed by atoms with Crippen molar-refractivity contribution in [1.29, 1.82) is 0 Å². The van der Waals surface area contributed by atoms with Gasteiger partial charge in [0.25, 0.3) is 17.3 Å². The van der Waals surface area contributed by atoms with Crippen LogP contribution in [0.25, 0.3) is 0 Å². The Balaban J connectivity index is 4.18. The van der Waals surface area contributed by atoms with E-state index in [1.54, 1.807) is 13.8 Å². The highest BCUT2D eigenvalue weighted by Crippen LogP contribution is 2.38. The van der Waals surface area contributed by atoms with E-state index >= 15 is 0 Å². The zero-order valence-electron chi connectivity index (χ0n) is 13.5. The number of carbonyl (C=O) groups excluding carboxylic acids is 1. The lowest BCUT2D eigenvalue weighted by Gasteiger charge is -2.16. The van der Waals surface area contributed by atoms with E-state index in [4.69, 9.17) is 35.9 Å². The van der Waals surface area contributed by atoms with Crippen molar-refractivity contribution < 1.29 is 14.6 Å². The molecule has 0 saturated heterocycles. The summed E-state index contributed by atoms with van der Waals surface area (Å²) in [5.41, 5.74) is 7.95. The second kappa shape index (κ2) is 7.44. The minimum absolute atomic E-state index is 0.167. The Morgan fingerprint density at radius 1 is 1.00 bits per heavy atom. The average molecular weight is 385 g/mol. The van der Waals surface area contributed by atoms with Crippen molar-refractivity contribution in [2.24, 2.45) is 11.5 Å². The number of hydrogen-bond donors (Lipinski definition) is 3. The maximum atomic E-state index is 12.5. The fraction of sp³-hybridized carbons (Fsp3) is 0.308. The highest BCUT2D eigenvalue weighted by atomic mass is 32.1. The SMILES string of the molecule is Cc1c(C(=O)NC(C)C)c(C(N)=S)c([N+](=O)[O-])c(C(N)=S)c1[N+](=O)[O-]. The molecule has 0 atom stereocenters. The van der Waals surface area contributed by atoms with Crippen molar-refractivity contribution in [3.63, 3.8) is 0 Å². The standard InChI is InChI=1S/C13H15N5O5S2/c1-4(2)16-13(19)6-5(3)9(17(20)21)8(12(15)25)10(18(22)23)7(6)11(14)24/h4H,1-3H3,(H2,14,24)(H2,15,25)(H,16,19). The van der Waals surface area contributed by atoms with Gasteiger partial charge in [-0.15, -0.1) is 0 Å². The maximum absolute atomic E-state index is 12.5. The van der Waals surface area contributed by atoms with Crippen molar-refractivity contribution in [2.45, 2.75) is 26.8 Å². The Morgan fingerprint density at radius 3 is 1.76 bits per heavy atom. The minimum atomic E-state index is -0.943. The summed E-state index contributed by atoms with van der Waals surface area (Å²) in [5, 5.41) is 25.5. The summed E-state index contributed by atoms with van der Waals surface area (Å²) in [6.07, 6.45) is 0. The largest absolute Gasteiger partial charge is 0.389 e. The van der Waals surface area contributed by atoms with Crippen LogP contribution in [0.4, 0.5) is 11.4 Å². The summed E-state index contributed by atoms with van der Waals surface area (Å²) in [4.78, 5) is 32.6. The summed E-state index contributed by atoms with van der Waals surface area (Å²) in [7, 11) is 0. The van der Waals surface area contributed by atoms with Crippen molar-refractivity contribution in [3.8, 4) is 0 Å². The molecule has 0 unspecified atom stereocenters. The molecule has 0 bridgehead atoms. The van der Waals surface area contributed by atoms with Crippen LogP contribution in [0.15, 0.2) is 0 Å². The van der Waals surface area contributed by atoms with Gasteiger partial charge in [-0.05, 0) is 20.8 Å². The molecule has 12 heteroatoms. The van der Waals surface area contributed by atoms with Crippen molar-refractivity contribution >= 4 is 51.7 Å². The molecule has 0 aromatic heterocycles. The first kappa shape index (κ1) is 20.3. The van der Waals surface area contributed by atoms with Gasteiger partial charge in [0.1, 0.15) is 15.5 Å². The van der Waals surface area contributed by atoms with Gasteiger partial charge in [-0.3, -0.25) is 25.0 Å². The van der Waals surface area contributed by atoms with Gasteiger partial charge in [0, 0.05) is 11.6 Å². The van der Waals surface area contributed by atoms with E-state index in [1.807, 2.05) is 0 Å². The van der Waals surface area contributed by atoms with E-state index in [2.05, 4.69) is 5.32 Å². The lowest BCUT2D eigenvalue weighted by atomic mass is 9.92. The fourth-order valence-corrected chi connectivity index (χ4v) is 2.74. The lowest BCUT2D eigenvalue weighted by Crippen LogP contribution is -2.34. The quantitative estimate of drug-likeness (QED) is 0.370. The molecule has 25 heavy (non-hydrogen) atoms. The van der Waals surface area contributed by atoms with E-state index in [9.17, 15) is 25.0 Å². The second-order valence-electron chi connectivity index (χ2n) is 5.32. The van der Waals surface area contributed by atoms with Gasteiger partial charge < -0.3 is 16.8 Å². The third-order valence-corrected chi connectivity index (χ3v) is 3.60. The van der Waals surface area contributed by atoms with Crippen LogP contribution in [0.3, 0.4) is 0 Å². The van der Waals surface area contributed by atoms with Gasteiger partial charge in [0.05, 0.1) is 15.4 Å². The zero-order chi connectivity index (χ0) is 19.6. The molecule has 0 radical (unpaired) electrons. The summed E-state index contributed by atoms with van der Waals surface area (Å²) in [6, 6.07) is -0.334. The Morgan fingerprint density at radius 2 is 1.44 bits per heavy atom. The van der Waals surface area contributed by atoms with Crippen LogP contribution < -0.4 is 16.8 Å². The van der Waals surface area contributed by atoms with Gasteiger partial charge in [-0.25, -0.2) is 0 Å². The van der Waals surface area contributed by atoms with Gasteiger partial charge in [0.2, 0.25) is 0 Å². The van der Waals surface area contributed by atoms with Crippen LogP contribution in [-0.4, -0.2) is 31.8 Å². The van der Waals surface area contributed by atoms with Crippen LogP contribution in [0.2, 0.25) is 0 Å². The van der Waals surface area contributed by atoms with Crippen molar-refractivity contribution in [3.05, 3.63) is 42.5 Å². The molecular formula is C13H15N5O5S2. The maximum Gasteiger partial charge on any atom is 0.297 e. The lowest BCUT2D eigenvalue weighted by molar-refractivity contribution is -0.394. The van der Waals surface area contributed by atoms with Gasteiger partial charge in [-0.2, -0.15) is 0 Å². The smallest absolute Gasteiger partial charge is 0.297 e. The van der Waals surface area contributed by atoms with E-state index in [0.717, 1.165) is 0 Å². The number of nitro benzene ring substituents is 2. The average Bonchev–Trinajstić information content (AvgIpc) is 2.43. The summed E-state index contributed by atoms with van der Waals surface area (Å²) >= 11 is 9.59. The van der Waals surface area contributed by atoms with Crippen LogP contribution in [0, 0.1) is 27.2 Å². The minimum Gasteiger partial charge on any atom is -0.389 e. The molecule has 0 aliphatic rings. The number of amides is 1. The predicted octanol–water partition coefficient (Wildman–Crippen LogP) is 1.22. The molecule has 0 heterocycles. The highest BCUT2D eigenvalue weighted by molar-refractivity contribution is 7.81. The molecular weight excluding hydrogens is 370 g/mol. The molecule has 0 fully saturated rings. The molecule has 0 aliphatic carbocycles. The topological polar surface area (TPSA) is 167 Å². The first-order valence-electron chi connectivity index (χ1n) is 6.81. The first-order valence-corrected chi connectivity index (χ1v) is 7.63. The van der Waals surface area contributed by atoms with Crippen LogP contribution in [0.1, 0.15) is 40.9 Å². The van der Waals surface area contributed by atoms with Crippen LogP contribution in [-0.2, 0) is 0 Å². The number of rotatable bonds is 6.